The van der Waals surface area contributed by atoms with Crippen molar-refractivity contribution in [2.75, 3.05) is 6.61 Å². The van der Waals surface area contributed by atoms with Gasteiger partial charge in [-0.3, -0.25) is 0 Å². The molecule has 0 bridgehead atoms. The lowest BCUT2D eigenvalue weighted by atomic mass is 10.3. The van der Waals surface area contributed by atoms with Gasteiger partial charge in [-0.15, -0.1) is 0 Å². The van der Waals surface area contributed by atoms with Crippen molar-refractivity contribution in [2.24, 2.45) is 0 Å². The molecular formula is C13H28O3Si2. The molecule has 0 rings (SSSR count). The summed E-state index contributed by atoms with van der Waals surface area (Å²) in [6.07, 6.45) is 1.97. The molecule has 0 heterocycles. The van der Waals surface area contributed by atoms with Gasteiger partial charge < -0.3 is 8.85 Å². The highest BCUT2D eigenvalue weighted by atomic mass is 28.4. The predicted octanol–water partition coefficient (Wildman–Crippen LogP) is 3.94. The second-order valence-electron chi connectivity index (χ2n) is 6.35. The molecule has 0 aromatic heterocycles. The van der Waals surface area contributed by atoms with Gasteiger partial charge in [0.25, 0.3) is 0 Å². The van der Waals surface area contributed by atoms with Gasteiger partial charge in [-0.05, 0) is 52.1 Å². The largest absolute Gasteiger partial charge is 0.462 e. The van der Waals surface area contributed by atoms with E-state index in [1.54, 1.807) is 6.92 Å². The van der Waals surface area contributed by atoms with Crippen LogP contribution in [-0.2, 0) is 13.6 Å². The SMILES string of the molecule is C=C(C)C(=O)OCCCC[Si](C)(C)O[Si](C)(C)C. The van der Waals surface area contributed by atoms with E-state index in [0.29, 0.717) is 12.2 Å². The first kappa shape index (κ1) is 17.6. The number of carbonyl (C=O) groups excluding carboxylic acids is 1. The molecule has 18 heavy (non-hydrogen) atoms. The van der Waals surface area contributed by atoms with Crippen LogP contribution in [0.2, 0.25) is 38.8 Å². The Labute approximate surface area is 114 Å². The maximum absolute atomic E-state index is 11.2. The quantitative estimate of drug-likeness (QED) is 0.294. The molecule has 0 aliphatic rings. The number of unbranched alkanes of at least 4 members (excludes halogenated alkanes) is 1. The van der Waals surface area contributed by atoms with Crippen molar-refractivity contribution in [3.63, 3.8) is 0 Å². The van der Waals surface area contributed by atoms with Crippen LogP contribution < -0.4 is 0 Å². The van der Waals surface area contributed by atoms with Gasteiger partial charge in [-0.25, -0.2) is 4.79 Å². The van der Waals surface area contributed by atoms with Gasteiger partial charge in [0.1, 0.15) is 0 Å². The molecule has 0 fully saturated rings. The Morgan fingerprint density at radius 1 is 1.11 bits per heavy atom. The molecule has 3 nitrogen and oxygen atoms in total. The van der Waals surface area contributed by atoms with E-state index < -0.39 is 16.6 Å². The Morgan fingerprint density at radius 2 is 1.67 bits per heavy atom. The third-order valence-electron chi connectivity index (χ3n) is 2.34. The Kier molecular flexibility index (Phi) is 7.10. The summed E-state index contributed by atoms with van der Waals surface area (Å²) in [5.74, 6) is -0.287. The Morgan fingerprint density at radius 3 is 2.11 bits per heavy atom. The van der Waals surface area contributed by atoms with Gasteiger partial charge in [0.15, 0.2) is 16.6 Å². The molecule has 0 spiro atoms. The van der Waals surface area contributed by atoms with Gasteiger partial charge in [0.05, 0.1) is 6.61 Å². The van der Waals surface area contributed by atoms with Crippen molar-refractivity contribution in [1.29, 1.82) is 0 Å². The fourth-order valence-electron chi connectivity index (χ4n) is 1.82. The topological polar surface area (TPSA) is 35.5 Å². The third kappa shape index (κ3) is 9.62. The highest BCUT2D eigenvalue weighted by Crippen LogP contribution is 2.20. The second-order valence-corrected chi connectivity index (χ2v) is 15.4. The minimum absolute atomic E-state index is 0.287. The molecule has 5 heteroatoms. The van der Waals surface area contributed by atoms with E-state index in [1.807, 2.05) is 0 Å². The smallest absolute Gasteiger partial charge is 0.333 e. The molecule has 0 saturated heterocycles. The number of hydrogen-bond acceptors (Lipinski definition) is 3. The highest BCUT2D eigenvalue weighted by molar-refractivity contribution is 6.84. The molecule has 0 aliphatic heterocycles. The Balaban J connectivity index is 3.78. The van der Waals surface area contributed by atoms with Crippen LogP contribution >= 0.6 is 0 Å². The summed E-state index contributed by atoms with van der Waals surface area (Å²) in [6.45, 7) is 16.9. The molecule has 0 N–H and O–H groups in total. The normalized spacial score (nSPS) is 12.3. The van der Waals surface area contributed by atoms with Crippen molar-refractivity contribution >= 4 is 22.6 Å². The van der Waals surface area contributed by atoms with E-state index in [1.165, 1.54) is 0 Å². The van der Waals surface area contributed by atoms with Crippen molar-refractivity contribution in [1.82, 2.24) is 0 Å². The summed E-state index contributed by atoms with van der Waals surface area (Å²) in [5, 5.41) is 0. The van der Waals surface area contributed by atoms with Gasteiger partial charge in [0, 0.05) is 5.57 Å². The lowest BCUT2D eigenvalue weighted by Crippen LogP contribution is -2.42. The van der Waals surface area contributed by atoms with Crippen molar-refractivity contribution < 1.29 is 13.6 Å². The van der Waals surface area contributed by atoms with Crippen LogP contribution in [0.5, 0.6) is 0 Å². The van der Waals surface area contributed by atoms with Crippen LogP contribution in [0.25, 0.3) is 0 Å². The lowest BCUT2D eigenvalue weighted by Gasteiger charge is -2.31. The average Bonchev–Trinajstić information content (AvgIpc) is 2.12. The highest BCUT2D eigenvalue weighted by Gasteiger charge is 2.28. The molecule has 0 saturated carbocycles. The molecule has 0 unspecified atom stereocenters. The molecule has 0 aliphatic carbocycles. The lowest BCUT2D eigenvalue weighted by molar-refractivity contribution is -0.139. The average molecular weight is 289 g/mol. The molecular weight excluding hydrogens is 260 g/mol. The first-order valence-corrected chi connectivity index (χ1v) is 13.1. The van der Waals surface area contributed by atoms with E-state index in [9.17, 15) is 4.79 Å². The summed E-state index contributed by atoms with van der Waals surface area (Å²) in [7, 11) is -2.96. The summed E-state index contributed by atoms with van der Waals surface area (Å²) < 4.78 is 11.3. The number of ether oxygens (including phenoxy) is 1. The number of rotatable bonds is 8. The van der Waals surface area contributed by atoms with Crippen LogP contribution in [0.1, 0.15) is 19.8 Å². The van der Waals surface area contributed by atoms with E-state index in [4.69, 9.17) is 8.85 Å². The standard InChI is InChI=1S/C13H28O3Si2/c1-12(2)13(14)15-10-8-9-11-18(6,7)16-17(3,4)5/h1,8-11H2,2-7H3. The maximum atomic E-state index is 11.2. The van der Waals surface area contributed by atoms with Crippen molar-refractivity contribution in [2.45, 2.75) is 58.5 Å². The number of carbonyl (C=O) groups is 1. The molecule has 0 radical (unpaired) electrons. The van der Waals surface area contributed by atoms with Crippen LogP contribution in [-0.4, -0.2) is 29.2 Å². The predicted molar refractivity (Wildman–Crippen MR) is 81.7 cm³/mol. The fraction of sp³-hybridized carbons (Fsp3) is 0.769. The maximum Gasteiger partial charge on any atom is 0.333 e. The molecule has 0 amide bonds. The third-order valence-corrected chi connectivity index (χ3v) is 8.55. The van der Waals surface area contributed by atoms with Crippen LogP contribution in [0.4, 0.5) is 0 Å². The fourth-order valence-corrected chi connectivity index (χ4v) is 9.96. The summed E-state index contributed by atoms with van der Waals surface area (Å²) in [5.41, 5.74) is 0.465. The number of hydrogen-bond donors (Lipinski definition) is 0. The molecule has 0 aromatic carbocycles. The Hall–Kier alpha value is -0.396. The molecule has 0 atom stereocenters. The molecule has 106 valence electrons. The zero-order valence-corrected chi connectivity index (χ0v) is 14.8. The van der Waals surface area contributed by atoms with Gasteiger partial charge in [-0.1, -0.05) is 13.0 Å². The summed E-state index contributed by atoms with van der Waals surface area (Å²) in [6, 6.07) is 1.13. The summed E-state index contributed by atoms with van der Waals surface area (Å²) >= 11 is 0. The molecule has 0 aromatic rings. The minimum atomic E-state index is -1.53. The first-order valence-electron chi connectivity index (χ1n) is 6.56. The van der Waals surface area contributed by atoms with Crippen LogP contribution in [0, 0.1) is 0 Å². The van der Waals surface area contributed by atoms with Crippen LogP contribution in [0.3, 0.4) is 0 Å². The summed E-state index contributed by atoms with van der Waals surface area (Å²) in [4.78, 5) is 11.2. The van der Waals surface area contributed by atoms with Gasteiger partial charge >= 0.3 is 5.97 Å². The van der Waals surface area contributed by atoms with Crippen molar-refractivity contribution in [3.8, 4) is 0 Å². The Bertz CT molecular complexity index is 293. The van der Waals surface area contributed by atoms with Crippen LogP contribution in [0.15, 0.2) is 12.2 Å². The monoisotopic (exact) mass is 288 g/mol. The minimum Gasteiger partial charge on any atom is -0.462 e. The van der Waals surface area contributed by atoms with Gasteiger partial charge in [0.2, 0.25) is 0 Å². The zero-order chi connectivity index (χ0) is 14.4. The van der Waals surface area contributed by atoms with E-state index in [2.05, 4.69) is 39.3 Å². The zero-order valence-electron chi connectivity index (χ0n) is 12.8. The van der Waals surface area contributed by atoms with E-state index in [-0.39, 0.29) is 5.97 Å². The van der Waals surface area contributed by atoms with Gasteiger partial charge in [-0.2, -0.15) is 0 Å². The first-order chi connectivity index (χ1) is 8.03. The second kappa shape index (κ2) is 7.26. The van der Waals surface area contributed by atoms with E-state index >= 15 is 0 Å². The van der Waals surface area contributed by atoms with Crippen molar-refractivity contribution in [3.05, 3.63) is 12.2 Å². The van der Waals surface area contributed by atoms with E-state index in [0.717, 1.165) is 18.9 Å². The number of esters is 1.